The van der Waals surface area contributed by atoms with Gasteiger partial charge < -0.3 is 15.8 Å². The summed E-state index contributed by atoms with van der Waals surface area (Å²) in [4.78, 5) is 20.0. The number of ether oxygens (including phenoxy) is 1. The molecule has 0 fully saturated rings. The fraction of sp³-hybridized carbons (Fsp3) is 0.167. The van der Waals surface area contributed by atoms with Gasteiger partial charge in [0.15, 0.2) is 5.16 Å². The first-order valence-corrected chi connectivity index (χ1v) is 11.7. The highest BCUT2D eigenvalue weighted by molar-refractivity contribution is 7.99. The second-order valence-electron chi connectivity index (χ2n) is 5.71. The molecular formula is C18H18N4O4S3. The summed E-state index contributed by atoms with van der Waals surface area (Å²) in [5.41, 5.74) is 6.69. The first-order valence-electron chi connectivity index (χ1n) is 8.34. The van der Waals surface area contributed by atoms with Gasteiger partial charge in [0.25, 0.3) is 0 Å². The predicted molar refractivity (Wildman–Crippen MR) is 112 cm³/mol. The lowest BCUT2D eigenvalue weighted by atomic mass is 10.2. The van der Waals surface area contributed by atoms with Gasteiger partial charge in [0.05, 0.1) is 19.1 Å². The number of rotatable bonds is 8. The van der Waals surface area contributed by atoms with E-state index in [2.05, 4.69) is 15.3 Å². The molecule has 29 heavy (non-hydrogen) atoms. The number of nitrogens with zero attached hydrogens (tertiary/aromatic N) is 2. The largest absolute Gasteiger partial charge is 0.496 e. The molecule has 0 atom stereocenters. The van der Waals surface area contributed by atoms with E-state index in [4.69, 9.17) is 10.5 Å². The number of para-hydroxylation sites is 1. The van der Waals surface area contributed by atoms with Crippen LogP contribution in [0.3, 0.4) is 0 Å². The minimum absolute atomic E-state index is 0.0611. The zero-order valence-corrected chi connectivity index (χ0v) is 17.8. The van der Waals surface area contributed by atoms with Crippen LogP contribution >= 0.6 is 23.1 Å². The number of carbonyl (C=O) groups is 1. The van der Waals surface area contributed by atoms with Gasteiger partial charge in [0.2, 0.25) is 15.7 Å². The third kappa shape index (κ3) is 5.05. The molecule has 0 unspecified atom stereocenters. The minimum Gasteiger partial charge on any atom is -0.496 e. The van der Waals surface area contributed by atoms with Crippen LogP contribution < -0.4 is 15.8 Å². The van der Waals surface area contributed by atoms with E-state index < -0.39 is 9.84 Å². The molecule has 152 valence electrons. The summed E-state index contributed by atoms with van der Waals surface area (Å²) < 4.78 is 30.5. The maximum absolute atomic E-state index is 12.5. The molecule has 0 bridgehead atoms. The number of thiophene rings is 1. The molecular weight excluding hydrogens is 432 g/mol. The molecule has 3 rings (SSSR count). The molecule has 3 aromatic rings. The van der Waals surface area contributed by atoms with E-state index in [0.29, 0.717) is 12.3 Å². The van der Waals surface area contributed by atoms with Crippen molar-refractivity contribution in [3.63, 3.8) is 0 Å². The van der Waals surface area contributed by atoms with Crippen molar-refractivity contribution < 1.29 is 17.9 Å². The Morgan fingerprint density at radius 1 is 1.28 bits per heavy atom. The van der Waals surface area contributed by atoms with Crippen LogP contribution in [-0.2, 0) is 21.2 Å². The molecule has 1 amide bonds. The fourth-order valence-electron chi connectivity index (χ4n) is 2.39. The van der Waals surface area contributed by atoms with Gasteiger partial charge in [-0.2, -0.15) is 0 Å². The normalized spacial score (nSPS) is 11.2. The van der Waals surface area contributed by atoms with E-state index in [1.54, 1.807) is 18.6 Å². The topological polar surface area (TPSA) is 124 Å². The van der Waals surface area contributed by atoms with Crippen LogP contribution in [0.5, 0.6) is 5.75 Å². The van der Waals surface area contributed by atoms with Crippen molar-refractivity contribution in [3.05, 3.63) is 53.5 Å². The molecule has 2 heterocycles. The third-order valence-corrected chi connectivity index (χ3v) is 7.84. The second kappa shape index (κ2) is 9.25. The Hall–Kier alpha value is -2.63. The molecule has 3 N–H and O–H groups in total. The SMILES string of the molecule is COc1ccccc1CNC(=O)CSc1ncc(S(=O)(=O)c2cccs2)c(N)n1. The maximum atomic E-state index is 12.5. The summed E-state index contributed by atoms with van der Waals surface area (Å²) in [6, 6.07) is 10.5. The summed E-state index contributed by atoms with van der Waals surface area (Å²) in [6.45, 7) is 0.324. The molecule has 1 aromatic carbocycles. The number of methoxy groups -OCH3 is 1. The average Bonchev–Trinajstić information content (AvgIpc) is 3.26. The second-order valence-corrected chi connectivity index (χ2v) is 9.75. The molecule has 0 spiro atoms. The Kier molecular flexibility index (Phi) is 6.72. The number of thioether (sulfide) groups is 1. The van der Waals surface area contributed by atoms with Gasteiger partial charge in [0.1, 0.15) is 20.7 Å². The standard InChI is InChI=1S/C18H18N4O4S3/c1-26-13-6-3-2-5-12(13)9-20-15(23)11-28-18-21-10-14(17(19)22-18)29(24,25)16-7-4-8-27-16/h2-8,10H,9,11H2,1H3,(H,20,23)(H2,19,21,22). The molecule has 0 saturated carbocycles. The lowest BCUT2D eigenvalue weighted by Gasteiger charge is -2.09. The van der Waals surface area contributed by atoms with Crippen LogP contribution in [0.1, 0.15) is 5.56 Å². The van der Waals surface area contributed by atoms with E-state index in [9.17, 15) is 13.2 Å². The summed E-state index contributed by atoms with van der Waals surface area (Å²) >= 11 is 2.16. The van der Waals surface area contributed by atoms with Crippen LogP contribution in [0.2, 0.25) is 0 Å². The number of anilines is 1. The quantitative estimate of drug-likeness (QED) is 0.396. The maximum Gasteiger partial charge on any atom is 0.230 e. The highest BCUT2D eigenvalue weighted by atomic mass is 32.2. The Balaban J connectivity index is 1.60. The van der Waals surface area contributed by atoms with E-state index in [1.165, 1.54) is 12.3 Å². The Labute approximate surface area is 176 Å². The number of hydrogen-bond acceptors (Lipinski definition) is 9. The van der Waals surface area contributed by atoms with Crippen molar-refractivity contribution in [3.8, 4) is 5.75 Å². The molecule has 0 aliphatic heterocycles. The fourth-order valence-corrected chi connectivity index (χ4v) is 5.42. The zero-order valence-electron chi connectivity index (χ0n) is 15.4. The Morgan fingerprint density at radius 2 is 2.07 bits per heavy atom. The van der Waals surface area contributed by atoms with Gasteiger partial charge in [-0.3, -0.25) is 4.79 Å². The highest BCUT2D eigenvalue weighted by Gasteiger charge is 2.23. The summed E-state index contributed by atoms with van der Waals surface area (Å²) in [7, 11) is -2.18. The highest BCUT2D eigenvalue weighted by Crippen LogP contribution is 2.28. The molecule has 0 saturated heterocycles. The minimum atomic E-state index is -3.75. The molecule has 8 nitrogen and oxygen atoms in total. The number of hydrogen-bond donors (Lipinski definition) is 2. The number of amides is 1. The molecule has 2 aromatic heterocycles. The van der Waals surface area contributed by atoms with E-state index >= 15 is 0 Å². The van der Waals surface area contributed by atoms with Crippen molar-refractivity contribution >= 4 is 44.7 Å². The number of carbonyl (C=O) groups excluding carboxylic acids is 1. The Morgan fingerprint density at radius 3 is 2.76 bits per heavy atom. The van der Waals surface area contributed by atoms with Gasteiger partial charge >= 0.3 is 0 Å². The van der Waals surface area contributed by atoms with E-state index in [1.807, 2.05) is 24.3 Å². The van der Waals surface area contributed by atoms with E-state index in [-0.39, 0.29) is 31.7 Å². The van der Waals surface area contributed by atoms with Crippen molar-refractivity contribution in [1.29, 1.82) is 0 Å². The van der Waals surface area contributed by atoms with Crippen LogP contribution in [0.25, 0.3) is 0 Å². The van der Waals surface area contributed by atoms with Crippen LogP contribution in [0.4, 0.5) is 5.82 Å². The van der Waals surface area contributed by atoms with Crippen LogP contribution in [0.15, 0.2) is 62.2 Å². The number of nitrogens with one attached hydrogen (secondary N) is 1. The number of nitrogens with two attached hydrogens (primary N) is 1. The smallest absolute Gasteiger partial charge is 0.230 e. The van der Waals surface area contributed by atoms with Crippen molar-refractivity contribution in [2.75, 3.05) is 18.6 Å². The van der Waals surface area contributed by atoms with Crippen LogP contribution in [0, 0.1) is 0 Å². The van der Waals surface area contributed by atoms with E-state index in [0.717, 1.165) is 28.7 Å². The molecule has 0 radical (unpaired) electrons. The number of sulfone groups is 1. The molecule has 0 aliphatic rings. The summed E-state index contributed by atoms with van der Waals surface area (Å²) in [5.74, 6) is 0.383. The first-order chi connectivity index (χ1) is 13.9. The van der Waals surface area contributed by atoms with Gasteiger partial charge in [-0.1, -0.05) is 36.0 Å². The summed E-state index contributed by atoms with van der Waals surface area (Å²) in [5, 5.41) is 4.68. The summed E-state index contributed by atoms with van der Waals surface area (Å²) in [6.07, 6.45) is 1.17. The number of nitrogen functional groups attached to an aromatic ring is 1. The van der Waals surface area contributed by atoms with Gasteiger partial charge in [-0.15, -0.1) is 11.3 Å². The predicted octanol–water partition coefficient (Wildman–Crippen LogP) is 2.37. The first kappa shape index (κ1) is 21.1. The molecule has 0 aliphatic carbocycles. The molecule has 11 heteroatoms. The lowest BCUT2D eigenvalue weighted by molar-refractivity contribution is -0.118. The van der Waals surface area contributed by atoms with Crippen LogP contribution in [-0.4, -0.2) is 37.2 Å². The average molecular weight is 451 g/mol. The van der Waals surface area contributed by atoms with Gasteiger partial charge in [-0.25, -0.2) is 18.4 Å². The van der Waals surface area contributed by atoms with Gasteiger partial charge in [0, 0.05) is 12.1 Å². The van der Waals surface area contributed by atoms with Crippen molar-refractivity contribution in [1.82, 2.24) is 15.3 Å². The zero-order chi connectivity index (χ0) is 20.9. The Bertz CT molecular complexity index is 1100. The van der Waals surface area contributed by atoms with Crippen molar-refractivity contribution in [2.45, 2.75) is 20.8 Å². The number of benzene rings is 1. The number of aromatic nitrogens is 2. The monoisotopic (exact) mass is 450 g/mol. The lowest BCUT2D eigenvalue weighted by Crippen LogP contribution is -2.25. The van der Waals surface area contributed by atoms with Gasteiger partial charge in [-0.05, 0) is 17.5 Å². The van der Waals surface area contributed by atoms with Crippen molar-refractivity contribution in [2.24, 2.45) is 0 Å². The third-order valence-electron chi connectivity index (χ3n) is 3.81.